The molecule has 0 radical (unpaired) electrons. The van der Waals surface area contributed by atoms with E-state index < -0.39 is 0 Å². The topological polar surface area (TPSA) is 12.9 Å². The molecule has 76 valence electrons. The Hall–Kier alpha value is -1.26. The van der Waals surface area contributed by atoms with Gasteiger partial charge in [-0.25, -0.2) is 4.98 Å². The molecule has 2 heteroatoms. The molecule has 1 aliphatic carbocycles. The van der Waals surface area contributed by atoms with Gasteiger partial charge in [-0.3, -0.25) is 0 Å². The molecule has 0 saturated carbocycles. The summed E-state index contributed by atoms with van der Waals surface area (Å²) in [6.07, 6.45) is 8.71. The van der Waals surface area contributed by atoms with Crippen molar-refractivity contribution in [1.29, 1.82) is 0 Å². The quantitative estimate of drug-likeness (QED) is 0.606. The van der Waals surface area contributed by atoms with Crippen LogP contribution in [0.1, 0.15) is 31.4 Å². The Morgan fingerprint density at radius 3 is 2.93 bits per heavy atom. The Morgan fingerprint density at radius 2 is 2.20 bits per heavy atom. The van der Waals surface area contributed by atoms with Crippen molar-refractivity contribution in [2.24, 2.45) is 0 Å². The zero-order valence-electron chi connectivity index (χ0n) is 8.46. The van der Waals surface area contributed by atoms with Crippen molar-refractivity contribution < 1.29 is 0 Å². The Bertz CT molecular complexity index is 437. The summed E-state index contributed by atoms with van der Waals surface area (Å²) < 4.78 is 0. The minimum absolute atomic E-state index is 0.626. The van der Waals surface area contributed by atoms with E-state index in [4.69, 9.17) is 11.6 Å². The highest BCUT2D eigenvalue weighted by molar-refractivity contribution is 6.31. The molecule has 0 spiro atoms. The molecule has 0 N–H and O–H groups in total. The fourth-order valence-corrected chi connectivity index (χ4v) is 1.74. The van der Waals surface area contributed by atoms with Crippen LogP contribution in [0.15, 0.2) is 30.0 Å². The van der Waals surface area contributed by atoms with E-state index in [1.165, 1.54) is 18.4 Å². The lowest BCUT2D eigenvalue weighted by atomic mass is 10.00. The van der Waals surface area contributed by atoms with Gasteiger partial charge in [0.05, 0.1) is 5.02 Å². The van der Waals surface area contributed by atoms with Gasteiger partial charge < -0.3 is 0 Å². The maximum atomic E-state index is 5.96. The number of aromatic nitrogens is 1. The molecule has 0 amide bonds. The van der Waals surface area contributed by atoms with Gasteiger partial charge in [-0.1, -0.05) is 23.6 Å². The largest absolute Gasteiger partial charge is 0.246 e. The Kier molecular flexibility index (Phi) is 3.42. The first-order valence-electron chi connectivity index (χ1n) is 5.18. The third-order valence-electron chi connectivity index (χ3n) is 2.39. The predicted octanol–water partition coefficient (Wildman–Crippen LogP) is 3.59. The lowest BCUT2D eigenvalue weighted by molar-refractivity contribution is 0.715. The van der Waals surface area contributed by atoms with Crippen molar-refractivity contribution in [3.05, 3.63) is 40.7 Å². The van der Waals surface area contributed by atoms with E-state index in [-0.39, 0.29) is 0 Å². The van der Waals surface area contributed by atoms with Gasteiger partial charge in [0.25, 0.3) is 0 Å². The fraction of sp³-hybridized carbons (Fsp3) is 0.308. The SMILES string of the molecule is Clc1cccnc1C#CC1=CCCCC1. The lowest BCUT2D eigenvalue weighted by Gasteiger charge is -2.05. The zero-order chi connectivity index (χ0) is 10.5. The standard InChI is InChI=1S/C13H12ClN/c14-12-7-4-10-15-13(12)9-8-11-5-2-1-3-6-11/h4-5,7,10H,1-3,6H2. The van der Waals surface area contributed by atoms with Crippen LogP contribution in [0.25, 0.3) is 0 Å². The highest BCUT2D eigenvalue weighted by Gasteiger charge is 2.00. The molecule has 0 fully saturated rings. The van der Waals surface area contributed by atoms with E-state index in [0.29, 0.717) is 10.7 Å². The van der Waals surface area contributed by atoms with E-state index >= 15 is 0 Å². The van der Waals surface area contributed by atoms with Crippen LogP contribution < -0.4 is 0 Å². The van der Waals surface area contributed by atoms with Crippen molar-refractivity contribution in [2.45, 2.75) is 25.7 Å². The van der Waals surface area contributed by atoms with Crippen LogP contribution in [0.2, 0.25) is 5.02 Å². The molecular formula is C13H12ClN. The first-order valence-corrected chi connectivity index (χ1v) is 5.55. The van der Waals surface area contributed by atoms with Gasteiger partial charge >= 0.3 is 0 Å². The van der Waals surface area contributed by atoms with Crippen LogP contribution in [-0.2, 0) is 0 Å². The van der Waals surface area contributed by atoms with Crippen LogP contribution in [-0.4, -0.2) is 4.98 Å². The first-order chi connectivity index (χ1) is 7.36. The van der Waals surface area contributed by atoms with Gasteiger partial charge in [-0.15, -0.1) is 0 Å². The highest BCUT2D eigenvalue weighted by atomic mass is 35.5. The van der Waals surface area contributed by atoms with Gasteiger partial charge in [-0.05, 0) is 49.3 Å². The van der Waals surface area contributed by atoms with Crippen molar-refractivity contribution in [2.75, 3.05) is 0 Å². The minimum Gasteiger partial charge on any atom is -0.246 e. The van der Waals surface area contributed by atoms with Crippen LogP contribution in [0, 0.1) is 11.8 Å². The average Bonchev–Trinajstić information content (AvgIpc) is 2.29. The summed E-state index contributed by atoms with van der Waals surface area (Å²) in [5, 5.41) is 0.626. The molecule has 15 heavy (non-hydrogen) atoms. The number of rotatable bonds is 0. The summed E-state index contributed by atoms with van der Waals surface area (Å²) in [7, 11) is 0. The summed E-state index contributed by atoms with van der Waals surface area (Å²) in [5.74, 6) is 6.16. The smallest absolute Gasteiger partial charge is 0.132 e. The number of pyridine rings is 1. The second kappa shape index (κ2) is 5.00. The third kappa shape index (κ3) is 2.84. The van der Waals surface area contributed by atoms with Gasteiger partial charge in [-0.2, -0.15) is 0 Å². The molecule has 1 nitrogen and oxygen atoms in total. The van der Waals surface area contributed by atoms with Gasteiger partial charge in [0.15, 0.2) is 0 Å². The maximum absolute atomic E-state index is 5.96. The van der Waals surface area contributed by atoms with Crippen molar-refractivity contribution >= 4 is 11.6 Å². The summed E-state index contributed by atoms with van der Waals surface area (Å²) in [5.41, 5.74) is 1.90. The highest BCUT2D eigenvalue weighted by Crippen LogP contribution is 2.17. The summed E-state index contributed by atoms with van der Waals surface area (Å²) in [4.78, 5) is 4.13. The molecule has 2 rings (SSSR count). The summed E-state index contributed by atoms with van der Waals surface area (Å²) in [6.45, 7) is 0. The molecule has 0 aromatic carbocycles. The van der Waals surface area contributed by atoms with Gasteiger partial charge in [0.2, 0.25) is 0 Å². The van der Waals surface area contributed by atoms with Crippen LogP contribution in [0.5, 0.6) is 0 Å². The maximum Gasteiger partial charge on any atom is 0.132 e. The minimum atomic E-state index is 0.626. The monoisotopic (exact) mass is 217 g/mol. The van der Waals surface area contributed by atoms with Crippen molar-refractivity contribution in [3.63, 3.8) is 0 Å². The van der Waals surface area contributed by atoms with Gasteiger partial charge in [0, 0.05) is 6.20 Å². The van der Waals surface area contributed by atoms with Crippen LogP contribution in [0.3, 0.4) is 0 Å². The van der Waals surface area contributed by atoms with E-state index in [9.17, 15) is 0 Å². The Labute approximate surface area is 95.2 Å². The lowest BCUT2D eigenvalue weighted by Crippen LogP contribution is -1.89. The predicted molar refractivity (Wildman–Crippen MR) is 62.7 cm³/mol. The molecule has 1 aliphatic rings. The van der Waals surface area contributed by atoms with E-state index in [1.807, 2.05) is 12.1 Å². The van der Waals surface area contributed by atoms with E-state index in [0.717, 1.165) is 12.8 Å². The van der Waals surface area contributed by atoms with Gasteiger partial charge in [0.1, 0.15) is 5.69 Å². The number of hydrogen-bond donors (Lipinski definition) is 0. The normalized spacial score (nSPS) is 15.1. The number of nitrogens with zero attached hydrogens (tertiary/aromatic N) is 1. The first kappa shape index (κ1) is 10.3. The molecule has 1 heterocycles. The number of halogens is 1. The Morgan fingerprint density at radius 1 is 1.27 bits per heavy atom. The number of allylic oxidation sites excluding steroid dienone is 2. The fourth-order valence-electron chi connectivity index (χ4n) is 1.57. The molecule has 0 aliphatic heterocycles. The average molecular weight is 218 g/mol. The molecule has 0 atom stereocenters. The Balaban J connectivity index is 2.18. The summed E-state index contributed by atoms with van der Waals surface area (Å²) in [6, 6.07) is 3.63. The summed E-state index contributed by atoms with van der Waals surface area (Å²) >= 11 is 5.96. The number of hydrogen-bond acceptors (Lipinski definition) is 1. The molecule has 0 unspecified atom stereocenters. The van der Waals surface area contributed by atoms with Crippen molar-refractivity contribution in [1.82, 2.24) is 4.98 Å². The van der Waals surface area contributed by atoms with Crippen LogP contribution >= 0.6 is 11.6 Å². The zero-order valence-corrected chi connectivity index (χ0v) is 9.22. The molecule has 0 bridgehead atoms. The second-order valence-electron chi connectivity index (χ2n) is 3.56. The van der Waals surface area contributed by atoms with E-state index in [2.05, 4.69) is 22.9 Å². The van der Waals surface area contributed by atoms with E-state index in [1.54, 1.807) is 6.20 Å². The molecular weight excluding hydrogens is 206 g/mol. The molecule has 1 aromatic rings. The second-order valence-corrected chi connectivity index (χ2v) is 3.97. The third-order valence-corrected chi connectivity index (χ3v) is 2.70. The molecule has 0 saturated heterocycles. The van der Waals surface area contributed by atoms with Crippen molar-refractivity contribution in [3.8, 4) is 11.8 Å². The molecule has 1 aromatic heterocycles. The van der Waals surface area contributed by atoms with Crippen LogP contribution in [0.4, 0.5) is 0 Å².